The van der Waals surface area contributed by atoms with Gasteiger partial charge >= 0.3 is 0 Å². The van der Waals surface area contributed by atoms with Crippen molar-refractivity contribution in [2.75, 3.05) is 32.1 Å². The summed E-state index contributed by atoms with van der Waals surface area (Å²) in [5, 5.41) is 3.39. The Balaban J connectivity index is 2.05. The second-order valence-corrected chi connectivity index (χ2v) is 5.06. The first-order valence-electron chi connectivity index (χ1n) is 7.40. The van der Waals surface area contributed by atoms with Crippen molar-refractivity contribution in [2.45, 2.75) is 13.0 Å². The quantitative estimate of drug-likeness (QED) is 0.842. The van der Waals surface area contributed by atoms with Gasteiger partial charge in [-0.2, -0.15) is 0 Å². The van der Waals surface area contributed by atoms with Gasteiger partial charge in [0.05, 0.1) is 6.61 Å². The van der Waals surface area contributed by atoms with Crippen molar-refractivity contribution in [1.29, 1.82) is 0 Å². The smallest absolute Gasteiger partial charge is 0.119 e. The van der Waals surface area contributed by atoms with E-state index >= 15 is 0 Å². The van der Waals surface area contributed by atoms with Crippen LogP contribution in [-0.4, -0.2) is 27.2 Å². The SMILES string of the molecule is CCOc1ccc(C(CN(C)c2ccccc2)NC)cc1. The first-order valence-corrected chi connectivity index (χ1v) is 7.40. The number of likely N-dealkylation sites (N-methyl/N-ethyl adjacent to an activating group) is 2. The molecule has 3 nitrogen and oxygen atoms in total. The van der Waals surface area contributed by atoms with Gasteiger partial charge in [-0.25, -0.2) is 0 Å². The molecule has 2 aromatic rings. The Bertz CT molecular complexity index is 525. The topological polar surface area (TPSA) is 24.5 Å². The average molecular weight is 284 g/mol. The Morgan fingerprint density at radius 3 is 2.29 bits per heavy atom. The van der Waals surface area contributed by atoms with E-state index < -0.39 is 0 Å². The van der Waals surface area contributed by atoms with Crippen LogP contribution in [0.4, 0.5) is 5.69 Å². The first-order chi connectivity index (χ1) is 10.2. The molecule has 1 unspecified atom stereocenters. The van der Waals surface area contributed by atoms with Gasteiger partial charge in [0.25, 0.3) is 0 Å². The third-order valence-corrected chi connectivity index (χ3v) is 3.60. The summed E-state index contributed by atoms with van der Waals surface area (Å²) in [5.74, 6) is 0.924. The molecule has 1 atom stereocenters. The predicted octanol–water partition coefficient (Wildman–Crippen LogP) is 3.48. The number of ether oxygens (including phenoxy) is 1. The molecule has 0 aromatic heterocycles. The maximum absolute atomic E-state index is 5.49. The van der Waals surface area contributed by atoms with Crippen LogP contribution in [0.2, 0.25) is 0 Å². The van der Waals surface area contributed by atoms with Gasteiger partial charge in [-0.05, 0) is 43.8 Å². The van der Waals surface area contributed by atoms with Crippen molar-refractivity contribution < 1.29 is 4.74 Å². The number of rotatable bonds is 7. The molecule has 2 rings (SSSR count). The lowest BCUT2D eigenvalue weighted by Gasteiger charge is -2.26. The molecule has 0 aliphatic rings. The highest BCUT2D eigenvalue weighted by atomic mass is 16.5. The second-order valence-electron chi connectivity index (χ2n) is 5.06. The molecule has 112 valence electrons. The minimum atomic E-state index is 0.283. The van der Waals surface area contributed by atoms with Crippen LogP contribution >= 0.6 is 0 Å². The molecule has 0 amide bonds. The molecule has 2 aromatic carbocycles. The van der Waals surface area contributed by atoms with Gasteiger partial charge in [0.2, 0.25) is 0 Å². The molecule has 3 heteroatoms. The minimum Gasteiger partial charge on any atom is -0.494 e. The Kier molecular flexibility index (Phi) is 5.64. The van der Waals surface area contributed by atoms with E-state index in [4.69, 9.17) is 4.74 Å². The summed E-state index contributed by atoms with van der Waals surface area (Å²) >= 11 is 0. The molecule has 1 N–H and O–H groups in total. The molecule has 0 aliphatic carbocycles. The number of nitrogens with zero attached hydrogens (tertiary/aromatic N) is 1. The highest BCUT2D eigenvalue weighted by molar-refractivity contribution is 5.45. The zero-order valence-corrected chi connectivity index (χ0v) is 13.0. The number of nitrogens with one attached hydrogen (secondary N) is 1. The van der Waals surface area contributed by atoms with Gasteiger partial charge in [-0.3, -0.25) is 0 Å². The molecular formula is C18H24N2O. The molecule has 21 heavy (non-hydrogen) atoms. The fourth-order valence-electron chi connectivity index (χ4n) is 2.39. The van der Waals surface area contributed by atoms with Gasteiger partial charge in [0.15, 0.2) is 0 Å². The number of anilines is 1. The first kappa shape index (κ1) is 15.4. The van der Waals surface area contributed by atoms with Crippen molar-refractivity contribution in [1.82, 2.24) is 5.32 Å². The Labute approximate surface area is 127 Å². The standard InChI is InChI=1S/C18H24N2O/c1-4-21-17-12-10-15(11-13-17)18(19-2)14-20(3)16-8-6-5-7-9-16/h5-13,18-19H,4,14H2,1-3H3. The van der Waals surface area contributed by atoms with Crippen LogP contribution in [0.1, 0.15) is 18.5 Å². The van der Waals surface area contributed by atoms with Crippen molar-refractivity contribution in [3.05, 3.63) is 60.2 Å². The van der Waals surface area contributed by atoms with E-state index in [9.17, 15) is 0 Å². The lowest BCUT2D eigenvalue weighted by molar-refractivity contribution is 0.340. The summed E-state index contributed by atoms with van der Waals surface area (Å²) < 4.78 is 5.49. The van der Waals surface area contributed by atoms with E-state index in [1.807, 2.05) is 32.2 Å². The third-order valence-electron chi connectivity index (χ3n) is 3.60. The molecule has 0 aliphatic heterocycles. The van der Waals surface area contributed by atoms with Crippen molar-refractivity contribution >= 4 is 5.69 Å². The van der Waals surface area contributed by atoms with Gasteiger partial charge in [-0.1, -0.05) is 30.3 Å². The van der Waals surface area contributed by atoms with Crippen LogP contribution < -0.4 is 15.0 Å². The highest BCUT2D eigenvalue weighted by Gasteiger charge is 2.12. The normalized spacial score (nSPS) is 12.0. The van der Waals surface area contributed by atoms with Crippen molar-refractivity contribution in [3.63, 3.8) is 0 Å². The zero-order valence-electron chi connectivity index (χ0n) is 13.0. The Hall–Kier alpha value is -2.00. The van der Waals surface area contributed by atoms with E-state index in [2.05, 4.69) is 53.7 Å². The van der Waals surface area contributed by atoms with Gasteiger partial charge in [0.1, 0.15) is 5.75 Å². The average Bonchev–Trinajstić information content (AvgIpc) is 2.54. The summed E-state index contributed by atoms with van der Waals surface area (Å²) in [6, 6.07) is 19.0. The van der Waals surface area contributed by atoms with Crippen molar-refractivity contribution in [3.8, 4) is 5.75 Å². The van der Waals surface area contributed by atoms with E-state index in [1.54, 1.807) is 0 Å². The summed E-state index contributed by atoms with van der Waals surface area (Å²) in [5.41, 5.74) is 2.49. The van der Waals surface area contributed by atoms with E-state index in [1.165, 1.54) is 11.3 Å². The Morgan fingerprint density at radius 1 is 1.05 bits per heavy atom. The third kappa shape index (κ3) is 4.23. The summed E-state index contributed by atoms with van der Waals surface area (Å²) in [7, 11) is 4.12. The molecule has 0 fully saturated rings. The summed E-state index contributed by atoms with van der Waals surface area (Å²) in [6.07, 6.45) is 0. The van der Waals surface area contributed by atoms with Gasteiger partial charge < -0.3 is 15.0 Å². The fourth-order valence-corrected chi connectivity index (χ4v) is 2.39. The summed E-state index contributed by atoms with van der Waals surface area (Å²) in [6.45, 7) is 3.61. The minimum absolute atomic E-state index is 0.283. The second kappa shape index (κ2) is 7.70. The fraction of sp³-hybridized carbons (Fsp3) is 0.333. The summed E-state index contributed by atoms with van der Waals surface area (Å²) in [4.78, 5) is 2.26. The molecule has 0 spiro atoms. The monoisotopic (exact) mass is 284 g/mol. The van der Waals surface area contributed by atoms with Crippen LogP contribution in [0.5, 0.6) is 5.75 Å². The maximum Gasteiger partial charge on any atom is 0.119 e. The van der Waals surface area contributed by atoms with E-state index in [-0.39, 0.29) is 6.04 Å². The van der Waals surface area contributed by atoms with Gasteiger partial charge in [0, 0.05) is 25.3 Å². The van der Waals surface area contributed by atoms with E-state index in [0.29, 0.717) is 6.61 Å². The predicted molar refractivity (Wildman–Crippen MR) is 89.1 cm³/mol. The molecule has 0 bridgehead atoms. The zero-order chi connectivity index (χ0) is 15.1. The molecule has 0 saturated carbocycles. The van der Waals surface area contributed by atoms with Gasteiger partial charge in [-0.15, -0.1) is 0 Å². The van der Waals surface area contributed by atoms with Crippen molar-refractivity contribution in [2.24, 2.45) is 0 Å². The van der Waals surface area contributed by atoms with Crippen LogP contribution in [0.3, 0.4) is 0 Å². The molecule has 0 saturated heterocycles. The van der Waals surface area contributed by atoms with E-state index in [0.717, 1.165) is 12.3 Å². The molecule has 0 radical (unpaired) electrons. The number of hydrogen-bond acceptors (Lipinski definition) is 3. The lowest BCUT2D eigenvalue weighted by atomic mass is 10.1. The number of para-hydroxylation sites is 1. The number of hydrogen-bond donors (Lipinski definition) is 1. The van der Waals surface area contributed by atoms with Crippen LogP contribution in [-0.2, 0) is 0 Å². The highest BCUT2D eigenvalue weighted by Crippen LogP contribution is 2.20. The van der Waals surface area contributed by atoms with Crippen LogP contribution in [0, 0.1) is 0 Å². The number of benzene rings is 2. The lowest BCUT2D eigenvalue weighted by Crippen LogP contribution is -2.31. The largest absolute Gasteiger partial charge is 0.494 e. The maximum atomic E-state index is 5.49. The molecular weight excluding hydrogens is 260 g/mol. The Morgan fingerprint density at radius 2 is 1.71 bits per heavy atom. The molecule has 0 heterocycles. The van der Waals surface area contributed by atoms with Crippen LogP contribution in [0.25, 0.3) is 0 Å². The van der Waals surface area contributed by atoms with Crippen LogP contribution in [0.15, 0.2) is 54.6 Å².